The van der Waals surface area contributed by atoms with E-state index in [1.54, 1.807) is 0 Å². The molecule has 0 saturated heterocycles. The summed E-state index contributed by atoms with van der Waals surface area (Å²) < 4.78 is 0. The zero-order valence-corrected chi connectivity index (χ0v) is 32.1. The maximum absolute atomic E-state index is 9.69. The average molecular weight is 747 g/mol. The summed E-state index contributed by atoms with van der Waals surface area (Å²) in [5, 5.41) is 19.4. The van der Waals surface area contributed by atoms with Crippen molar-refractivity contribution in [3.8, 4) is 89.0 Å². The van der Waals surface area contributed by atoms with E-state index in [0.29, 0.717) is 0 Å². The molecule has 278 valence electrons. The number of aliphatic hydroxyl groups excluding tert-OH is 2. The van der Waals surface area contributed by atoms with Gasteiger partial charge in [-0.3, -0.25) is 0 Å². The quantitative estimate of drug-likeness (QED) is 0.146. The van der Waals surface area contributed by atoms with E-state index in [1.807, 2.05) is 24.3 Å². The van der Waals surface area contributed by atoms with Gasteiger partial charge in [0.1, 0.15) is 0 Å². The molecule has 0 aromatic heterocycles. The topological polar surface area (TPSA) is 40.5 Å². The molecule has 0 aliphatic heterocycles. The Kier molecular flexibility index (Phi) is 10.4. The second-order valence-electron chi connectivity index (χ2n) is 14.6. The molecule has 0 aliphatic carbocycles. The molecule has 0 amide bonds. The van der Waals surface area contributed by atoms with E-state index in [0.717, 1.165) is 77.9 Å². The monoisotopic (exact) mass is 746 g/mol. The molecule has 0 saturated carbocycles. The van der Waals surface area contributed by atoms with Crippen molar-refractivity contribution in [1.82, 2.24) is 0 Å². The third-order valence-electron chi connectivity index (χ3n) is 11.0. The lowest BCUT2D eigenvalue weighted by Crippen LogP contribution is -2.02. The van der Waals surface area contributed by atoms with Crippen molar-refractivity contribution in [3.05, 3.63) is 230 Å². The summed E-state index contributed by atoms with van der Waals surface area (Å²) in [5.74, 6) is 0. The first-order chi connectivity index (χ1) is 28.7. The summed E-state index contributed by atoms with van der Waals surface area (Å²) in [7, 11) is 0. The van der Waals surface area contributed by atoms with E-state index in [1.165, 1.54) is 22.3 Å². The molecule has 2 heteroatoms. The van der Waals surface area contributed by atoms with Crippen LogP contribution in [0.2, 0.25) is 0 Å². The molecule has 0 radical (unpaired) electrons. The summed E-state index contributed by atoms with van der Waals surface area (Å²) >= 11 is 0. The van der Waals surface area contributed by atoms with Crippen LogP contribution in [-0.2, 0) is 13.2 Å². The molecule has 0 aliphatic rings. The third kappa shape index (κ3) is 7.19. The molecule has 0 bridgehead atoms. The van der Waals surface area contributed by atoms with Crippen LogP contribution in [0.3, 0.4) is 0 Å². The van der Waals surface area contributed by atoms with Crippen LogP contribution < -0.4 is 0 Å². The van der Waals surface area contributed by atoms with Gasteiger partial charge < -0.3 is 10.2 Å². The first kappa shape index (κ1) is 36.5. The van der Waals surface area contributed by atoms with Crippen molar-refractivity contribution < 1.29 is 10.2 Å². The Hall–Kier alpha value is -7.10. The second-order valence-corrected chi connectivity index (χ2v) is 14.6. The molecule has 0 unspecified atom stereocenters. The second kappa shape index (κ2) is 16.6. The number of rotatable bonds is 10. The van der Waals surface area contributed by atoms with Gasteiger partial charge in [0.25, 0.3) is 0 Å². The maximum atomic E-state index is 9.69. The maximum Gasteiger partial charge on any atom is 0.0681 e. The fraction of sp³-hybridized carbons (Fsp3) is 0.0357. The zero-order valence-electron chi connectivity index (χ0n) is 32.1. The molecular formula is C56H42O2. The Morgan fingerprint density at radius 1 is 0.190 bits per heavy atom. The average Bonchev–Trinajstić information content (AvgIpc) is 3.32. The van der Waals surface area contributed by atoms with Crippen LogP contribution in [0.5, 0.6) is 0 Å². The molecule has 9 rings (SSSR count). The molecule has 2 nitrogen and oxygen atoms in total. The van der Waals surface area contributed by atoms with Gasteiger partial charge in [-0.2, -0.15) is 0 Å². The summed E-state index contributed by atoms with van der Waals surface area (Å²) in [6.45, 7) is 0.0431. The predicted molar refractivity (Wildman–Crippen MR) is 242 cm³/mol. The predicted octanol–water partition coefficient (Wildman–Crippen LogP) is 14.0. The fourth-order valence-corrected chi connectivity index (χ4v) is 8.17. The zero-order chi connectivity index (χ0) is 39.3. The van der Waals surface area contributed by atoms with Crippen LogP contribution in [0.25, 0.3) is 89.0 Å². The summed E-state index contributed by atoms with van der Waals surface area (Å²) in [5.41, 5.74) is 20.0. The minimum atomic E-state index is 0.0215. The molecule has 0 spiro atoms. The minimum Gasteiger partial charge on any atom is -0.392 e. The molecule has 2 N–H and O–H groups in total. The van der Waals surface area contributed by atoms with Gasteiger partial charge in [0.2, 0.25) is 0 Å². The van der Waals surface area contributed by atoms with Crippen molar-refractivity contribution in [2.75, 3.05) is 0 Å². The highest BCUT2D eigenvalue weighted by Gasteiger charge is 2.29. The van der Waals surface area contributed by atoms with Crippen molar-refractivity contribution in [2.45, 2.75) is 13.2 Å². The van der Waals surface area contributed by atoms with Gasteiger partial charge in [0.15, 0.2) is 0 Å². The van der Waals surface area contributed by atoms with Crippen molar-refractivity contribution >= 4 is 0 Å². The van der Waals surface area contributed by atoms with Crippen molar-refractivity contribution in [3.63, 3.8) is 0 Å². The molecule has 0 atom stereocenters. The van der Waals surface area contributed by atoms with E-state index >= 15 is 0 Å². The molecule has 9 aromatic rings. The summed E-state index contributed by atoms with van der Waals surface area (Å²) in [6, 6.07) is 77.6. The first-order valence-corrected chi connectivity index (χ1v) is 19.8. The van der Waals surface area contributed by atoms with Gasteiger partial charge >= 0.3 is 0 Å². The van der Waals surface area contributed by atoms with Gasteiger partial charge in [0, 0.05) is 0 Å². The van der Waals surface area contributed by atoms with E-state index in [2.05, 4.69) is 194 Å². The lowest BCUT2D eigenvalue weighted by molar-refractivity contribution is 0.281. The summed E-state index contributed by atoms with van der Waals surface area (Å²) in [6.07, 6.45) is 0. The van der Waals surface area contributed by atoms with Crippen LogP contribution in [0.15, 0.2) is 218 Å². The normalized spacial score (nSPS) is 11.1. The van der Waals surface area contributed by atoms with Gasteiger partial charge in [0.05, 0.1) is 13.2 Å². The lowest BCUT2D eigenvalue weighted by atomic mass is 9.74. The Bertz CT molecular complexity index is 2560. The Morgan fingerprint density at radius 3 is 0.569 bits per heavy atom. The Balaban J connectivity index is 1.42. The van der Waals surface area contributed by atoms with E-state index in [4.69, 9.17) is 0 Å². The van der Waals surface area contributed by atoms with Crippen LogP contribution in [-0.4, -0.2) is 10.2 Å². The number of hydrogen-bond acceptors (Lipinski definition) is 2. The van der Waals surface area contributed by atoms with E-state index in [9.17, 15) is 10.2 Å². The van der Waals surface area contributed by atoms with Gasteiger partial charge in [-0.25, -0.2) is 0 Å². The highest BCUT2D eigenvalue weighted by Crippen LogP contribution is 2.56. The smallest absolute Gasteiger partial charge is 0.0681 e. The van der Waals surface area contributed by atoms with E-state index < -0.39 is 0 Å². The molecule has 0 fully saturated rings. The number of benzene rings is 9. The molecule has 0 heterocycles. The van der Waals surface area contributed by atoms with Crippen LogP contribution in [0, 0.1) is 0 Å². The van der Waals surface area contributed by atoms with Crippen LogP contribution in [0.1, 0.15) is 11.1 Å². The van der Waals surface area contributed by atoms with Gasteiger partial charge in [-0.15, -0.1) is 0 Å². The van der Waals surface area contributed by atoms with Crippen LogP contribution in [0.4, 0.5) is 0 Å². The van der Waals surface area contributed by atoms with E-state index in [-0.39, 0.29) is 13.2 Å². The van der Waals surface area contributed by atoms with Gasteiger partial charge in [-0.05, 0) is 100 Å². The van der Waals surface area contributed by atoms with Crippen molar-refractivity contribution in [2.24, 2.45) is 0 Å². The molecule has 9 aromatic carbocycles. The Labute approximate surface area is 340 Å². The third-order valence-corrected chi connectivity index (χ3v) is 11.0. The highest BCUT2D eigenvalue weighted by molar-refractivity contribution is 6.15. The van der Waals surface area contributed by atoms with Gasteiger partial charge in [-0.1, -0.05) is 218 Å². The fourth-order valence-electron chi connectivity index (χ4n) is 8.17. The number of hydrogen-bond donors (Lipinski definition) is 2. The number of aliphatic hydroxyl groups is 2. The summed E-state index contributed by atoms with van der Waals surface area (Å²) in [4.78, 5) is 0. The highest BCUT2D eigenvalue weighted by atomic mass is 16.3. The molecular weight excluding hydrogens is 705 g/mol. The SMILES string of the molecule is OCc1ccc(-c2ccc(-c3c(-c4ccccc4)c(-c4ccccc4)c(-c4ccccc4)c(-c4ccccc4)c3-c3ccc(-c4ccc(CO)cc4)cc3)cc2)cc1. The lowest BCUT2D eigenvalue weighted by Gasteiger charge is -2.29. The molecule has 58 heavy (non-hydrogen) atoms. The van der Waals surface area contributed by atoms with Crippen molar-refractivity contribution in [1.29, 1.82) is 0 Å². The standard InChI is InChI=1S/C56H42O2/c57-37-39-21-25-41(26-22-39)43-29-33-49(34-30-43)55-53(47-17-9-3-10-18-47)51(45-13-5-1-6-14-45)52(46-15-7-2-8-16-46)54(48-19-11-4-12-20-48)56(55)50-35-31-44(32-36-50)42-27-23-40(38-58)24-28-42/h1-36,57-58H,37-38H2. The van der Waals surface area contributed by atoms with Crippen LogP contribution >= 0.6 is 0 Å². The Morgan fingerprint density at radius 2 is 0.362 bits per heavy atom. The minimum absolute atomic E-state index is 0.0215. The largest absolute Gasteiger partial charge is 0.392 e. The first-order valence-electron chi connectivity index (χ1n) is 19.8.